The molecule has 3 aromatic rings. The van der Waals surface area contributed by atoms with Crippen LogP contribution in [0, 0.1) is 5.82 Å². The summed E-state index contributed by atoms with van der Waals surface area (Å²) in [6.45, 7) is 0. The molecule has 17 heavy (non-hydrogen) atoms. The highest BCUT2D eigenvalue weighted by Gasteiger charge is 2.15. The number of carboxylic acid groups (broad SMARTS) is 1. The highest BCUT2D eigenvalue weighted by atomic mass is 19.1. The van der Waals surface area contributed by atoms with Gasteiger partial charge in [-0.2, -0.15) is 0 Å². The Morgan fingerprint density at radius 3 is 2.82 bits per heavy atom. The molecule has 0 saturated carbocycles. The van der Waals surface area contributed by atoms with E-state index < -0.39 is 5.97 Å². The Balaban J connectivity index is 2.47. The number of H-pyrrole nitrogens is 1. The van der Waals surface area contributed by atoms with Gasteiger partial charge >= 0.3 is 5.97 Å². The van der Waals surface area contributed by atoms with E-state index in [9.17, 15) is 9.18 Å². The maximum atomic E-state index is 13.2. The third-order valence-electron chi connectivity index (χ3n) is 2.98. The number of aromatic nitrogens is 2. The van der Waals surface area contributed by atoms with Gasteiger partial charge in [-0.15, -0.1) is 0 Å². The smallest absolute Gasteiger partial charge is 0.352 e. The van der Waals surface area contributed by atoms with E-state index in [0.29, 0.717) is 11.0 Å². The first-order valence-electron chi connectivity index (χ1n) is 5.08. The zero-order valence-corrected chi connectivity index (χ0v) is 8.99. The monoisotopic (exact) mass is 232 g/mol. The molecule has 0 amide bonds. The fraction of sp³-hybridized carbons (Fsp3) is 0.0833. The Hall–Kier alpha value is -2.30. The van der Waals surface area contributed by atoms with Gasteiger partial charge in [-0.1, -0.05) is 0 Å². The molecule has 86 valence electrons. The third-order valence-corrected chi connectivity index (χ3v) is 2.98. The molecular weight excluding hydrogens is 223 g/mol. The topological polar surface area (TPSA) is 58.0 Å². The molecule has 0 bridgehead atoms. The molecular formula is C12H9FN2O2. The fourth-order valence-corrected chi connectivity index (χ4v) is 2.14. The lowest BCUT2D eigenvalue weighted by molar-refractivity contribution is 0.0687. The van der Waals surface area contributed by atoms with E-state index in [2.05, 4.69) is 4.98 Å². The van der Waals surface area contributed by atoms with Crippen LogP contribution in [-0.2, 0) is 7.05 Å². The summed E-state index contributed by atoms with van der Waals surface area (Å²) in [5, 5.41) is 10.4. The molecule has 0 aliphatic heterocycles. The number of hydrogen-bond acceptors (Lipinski definition) is 1. The summed E-state index contributed by atoms with van der Waals surface area (Å²) in [6.07, 6.45) is 0. The van der Waals surface area contributed by atoms with E-state index in [-0.39, 0.29) is 11.5 Å². The molecule has 0 unspecified atom stereocenters. The van der Waals surface area contributed by atoms with Crippen molar-refractivity contribution in [2.75, 3.05) is 0 Å². The minimum Gasteiger partial charge on any atom is -0.477 e. The lowest BCUT2D eigenvalue weighted by atomic mass is 10.2. The number of aryl methyl sites for hydroxylation is 1. The van der Waals surface area contributed by atoms with E-state index in [1.54, 1.807) is 23.7 Å². The van der Waals surface area contributed by atoms with Crippen LogP contribution in [0.15, 0.2) is 24.3 Å². The second kappa shape index (κ2) is 3.10. The molecule has 2 aromatic heterocycles. The van der Waals surface area contributed by atoms with Gasteiger partial charge in [0.25, 0.3) is 0 Å². The van der Waals surface area contributed by atoms with Crippen LogP contribution in [0.1, 0.15) is 10.5 Å². The van der Waals surface area contributed by atoms with E-state index in [4.69, 9.17) is 5.11 Å². The molecule has 0 radical (unpaired) electrons. The number of carboxylic acids is 1. The van der Waals surface area contributed by atoms with E-state index in [1.165, 1.54) is 12.1 Å². The molecule has 0 aliphatic carbocycles. The number of hydrogen-bond donors (Lipinski definition) is 2. The first kappa shape index (κ1) is 9.89. The summed E-state index contributed by atoms with van der Waals surface area (Å²) in [5.74, 6) is -1.33. The van der Waals surface area contributed by atoms with Crippen LogP contribution in [0.25, 0.3) is 21.9 Å². The van der Waals surface area contributed by atoms with Crippen LogP contribution in [0.4, 0.5) is 4.39 Å². The lowest BCUT2D eigenvalue weighted by Crippen LogP contribution is -2.03. The van der Waals surface area contributed by atoms with Crippen molar-refractivity contribution in [1.82, 2.24) is 9.55 Å². The molecule has 0 atom stereocenters. The predicted octanol–water partition coefficient (Wildman–Crippen LogP) is 2.50. The zero-order valence-electron chi connectivity index (χ0n) is 8.99. The van der Waals surface area contributed by atoms with Crippen LogP contribution < -0.4 is 0 Å². The number of fused-ring (bicyclic) bond motifs is 3. The number of halogens is 1. The standard InChI is InChI=1S/C12H9FN2O2/c1-15-10(12(16)17)5-8-7-4-6(13)2-3-9(7)14-11(8)15/h2-5,14H,1H3,(H,16,17). The van der Waals surface area contributed by atoms with Gasteiger partial charge in [0.1, 0.15) is 17.2 Å². The molecule has 2 heterocycles. The van der Waals surface area contributed by atoms with Crippen molar-refractivity contribution in [3.05, 3.63) is 35.8 Å². The Kier molecular flexibility index (Phi) is 1.80. The van der Waals surface area contributed by atoms with Crippen LogP contribution in [-0.4, -0.2) is 20.6 Å². The van der Waals surface area contributed by atoms with Gasteiger partial charge < -0.3 is 14.7 Å². The van der Waals surface area contributed by atoms with Crippen molar-refractivity contribution in [1.29, 1.82) is 0 Å². The Bertz CT molecular complexity index is 755. The Morgan fingerprint density at radius 2 is 2.12 bits per heavy atom. The first-order chi connectivity index (χ1) is 8.08. The Labute approximate surface area is 95.3 Å². The molecule has 0 aliphatic rings. The summed E-state index contributed by atoms with van der Waals surface area (Å²) in [5.41, 5.74) is 1.66. The molecule has 1 aromatic carbocycles. The van der Waals surface area contributed by atoms with Gasteiger partial charge in [0.2, 0.25) is 0 Å². The van der Waals surface area contributed by atoms with Crippen molar-refractivity contribution < 1.29 is 14.3 Å². The molecule has 3 rings (SSSR count). The minimum absolute atomic E-state index is 0.178. The highest BCUT2D eigenvalue weighted by Crippen LogP contribution is 2.28. The average Bonchev–Trinajstić information content (AvgIpc) is 2.77. The zero-order chi connectivity index (χ0) is 12.2. The van der Waals surface area contributed by atoms with Gasteiger partial charge in [0.05, 0.1) is 0 Å². The second-order valence-corrected chi connectivity index (χ2v) is 3.97. The van der Waals surface area contributed by atoms with E-state index in [1.807, 2.05) is 0 Å². The summed E-state index contributed by atoms with van der Waals surface area (Å²) >= 11 is 0. The van der Waals surface area contributed by atoms with Crippen LogP contribution in [0.5, 0.6) is 0 Å². The quantitative estimate of drug-likeness (QED) is 0.677. The normalized spacial score (nSPS) is 11.4. The number of nitrogens with one attached hydrogen (secondary N) is 1. The molecule has 4 nitrogen and oxygen atoms in total. The largest absolute Gasteiger partial charge is 0.477 e. The summed E-state index contributed by atoms with van der Waals surface area (Å²) in [6, 6.07) is 5.97. The molecule has 0 saturated heterocycles. The molecule has 5 heteroatoms. The van der Waals surface area contributed by atoms with Crippen molar-refractivity contribution in [2.24, 2.45) is 7.05 Å². The number of carbonyl (C=O) groups is 1. The van der Waals surface area contributed by atoms with E-state index in [0.717, 1.165) is 10.9 Å². The molecule has 0 fully saturated rings. The van der Waals surface area contributed by atoms with E-state index >= 15 is 0 Å². The fourth-order valence-electron chi connectivity index (χ4n) is 2.14. The summed E-state index contributed by atoms with van der Waals surface area (Å²) in [7, 11) is 1.66. The maximum absolute atomic E-state index is 13.2. The van der Waals surface area contributed by atoms with Crippen molar-refractivity contribution in [2.45, 2.75) is 0 Å². The average molecular weight is 232 g/mol. The molecule has 0 spiro atoms. The number of rotatable bonds is 1. The van der Waals surface area contributed by atoms with Crippen LogP contribution in [0.2, 0.25) is 0 Å². The third kappa shape index (κ3) is 1.25. The van der Waals surface area contributed by atoms with Gasteiger partial charge in [0.15, 0.2) is 0 Å². The SMILES string of the molecule is Cn1c(C(=O)O)cc2c3cc(F)ccc3[nH]c21. The van der Waals surface area contributed by atoms with Crippen LogP contribution in [0.3, 0.4) is 0 Å². The van der Waals surface area contributed by atoms with Crippen molar-refractivity contribution in [3.8, 4) is 0 Å². The van der Waals surface area contributed by atoms with Crippen molar-refractivity contribution in [3.63, 3.8) is 0 Å². The second-order valence-electron chi connectivity index (χ2n) is 3.97. The lowest BCUT2D eigenvalue weighted by Gasteiger charge is -1.96. The molecule has 2 N–H and O–H groups in total. The van der Waals surface area contributed by atoms with Gasteiger partial charge in [-0.05, 0) is 24.3 Å². The highest BCUT2D eigenvalue weighted by molar-refractivity contribution is 6.09. The van der Waals surface area contributed by atoms with Gasteiger partial charge in [0, 0.05) is 23.3 Å². The maximum Gasteiger partial charge on any atom is 0.352 e. The summed E-state index contributed by atoms with van der Waals surface area (Å²) in [4.78, 5) is 14.1. The minimum atomic E-state index is -0.998. The van der Waals surface area contributed by atoms with Gasteiger partial charge in [-0.3, -0.25) is 0 Å². The first-order valence-corrected chi connectivity index (χ1v) is 5.08. The number of benzene rings is 1. The number of aromatic amines is 1. The van der Waals surface area contributed by atoms with Gasteiger partial charge in [-0.25, -0.2) is 9.18 Å². The van der Waals surface area contributed by atoms with Crippen LogP contribution >= 0.6 is 0 Å². The predicted molar refractivity (Wildman–Crippen MR) is 61.7 cm³/mol. The summed E-state index contributed by atoms with van der Waals surface area (Å²) < 4.78 is 14.7. The Morgan fingerprint density at radius 1 is 1.35 bits per heavy atom. The van der Waals surface area contributed by atoms with Crippen molar-refractivity contribution >= 4 is 27.9 Å². The number of aromatic carboxylic acids is 1. The number of nitrogens with zero attached hydrogens (tertiary/aromatic N) is 1.